The largest absolute Gasteiger partial charge is 0.505 e. The van der Waals surface area contributed by atoms with Gasteiger partial charge in [-0.05, 0) is 48.2 Å². The number of nitro benzene ring substituents is 2. The van der Waals surface area contributed by atoms with Crippen LogP contribution >= 0.6 is 0 Å². The number of hydrogen-bond acceptors (Lipinski definition) is 12. The molecule has 0 unspecified atom stereocenters. The first-order valence-electron chi connectivity index (χ1n) is 16.5. The Bertz CT molecular complexity index is 2190. The first kappa shape index (κ1) is 40.9. The molecule has 2 aromatic heterocycles. The number of para-hydroxylation sites is 2. The number of nitrogens with zero attached hydrogens (tertiary/aromatic N) is 8. The van der Waals surface area contributed by atoms with Crippen LogP contribution in [0.2, 0.25) is 0 Å². The Morgan fingerprint density at radius 2 is 0.945 bits per heavy atom. The fraction of sp³-hybridized carbons (Fsp3) is 0.158. The third-order valence-electron chi connectivity index (χ3n) is 7.95. The predicted octanol–water partition coefficient (Wildman–Crippen LogP) is 8.13. The Balaban J connectivity index is 0.000000240. The van der Waals surface area contributed by atoms with Crippen LogP contribution in [0.1, 0.15) is 62.0 Å². The van der Waals surface area contributed by atoms with Crippen molar-refractivity contribution in [3.8, 4) is 34.6 Å². The molecule has 0 saturated carbocycles. The van der Waals surface area contributed by atoms with Gasteiger partial charge in [-0.25, -0.2) is 9.36 Å². The predicted molar refractivity (Wildman–Crippen MR) is 203 cm³/mol. The van der Waals surface area contributed by atoms with E-state index in [1.807, 2.05) is 88.4 Å². The van der Waals surface area contributed by atoms with Gasteiger partial charge in [0.15, 0.2) is 0 Å². The third-order valence-corrected chi connectivity index (χ3v) is 7.95. The zero-order valence-electron chi connectivity index (χ0n) is 29.9. The van der Waals surface area contributed by atoms with Gasteiger partial charge in [-0.15, -0.1) is 0 Å². The van der Waals surface area contributed by atoms with Gasteiger partial charge in [0.05, 0.1) is 55.9 Å². The molecule has 0 saturated heterocycles. The summed E-state index contributed by atoms with van der Waals surface area (Å²) in [7, 11) is 0. The van der Waals surface area contributed by atoms with Crippen LogP contribution in [0.15, 0.2) is 107 Å². The van der Waals surface area contributed by atoms with Crippen LogP contribution < -0.4 is 0 Å². The minimum Gasteiger partial charge on any atom is -0.505 e. The van der Waals surface area contributed by atoms with Crippen LogP contribution in [-0.2, 0) is 16.8 Å². The Kier molecular flexibility index (Phi) is 13.2. The molecular formula is C38H36CoN8O8. The number of hydrogen-bond donors (Lipinski definition) is 4. The number of phenols is 2. The van der Waals surface area contributed by atoms with E-state index in [0.717, 1.165) is 12.1 Å². The number of benzene rings is 4. The molecule has 0 aliphatic rings. The fourth-order valence-electron chi connectivity index (χ4n) is 5.21. The number of nitro groups is 2. The van der Waals surface area contributed by atoms with Crippen LogP contribution in [0.3, 0.4) is 0 Å². The number of aromatic nitrogens is 4. The number of non-ortho nitro benzene ring substituents is 2. The molecule has 0 atom stereocenters. The molecule has 0 bridgehead atoms. The molecule has 4 aromatic carbocycles. The molecular weight excluding hydrogens is 755 g/mol. The summed E-state index contributed by atoms with van der Waals surface area (Å²) in [5, 5.41) is 71.6. The van der Waals surface area contributed by atoms with E-state index >= 15 is 0 Å². The smallest absolute Gasteiger partial charge is 0.273 e. The second-order valence-electron chi connectivity index (χ2n) is 12.4. The van der Waals surface area contributed by atoms with Gasteiger partial charge in [0.2, 0.25) is 11.8 Å². The Labute approximate surface area is 324 Å². The second kappa shape index (κ2) is 17.8. The van der Waals surface area contributed by atoms with Gasteiger partial charge in [0, 0.05) is 41.3 Å². The maximum absolute atomic E-state index is 10.8. The Morgan fingerprint density at radius 1 is 0.600 bits per heavy atom. The van der Waals surface area contributed by atoms with Crippen LogP contribution in [0.5, 0.6) is 23.3 Å². The van der Waals surface area contributed by atoms with Crippen LogP contribution in [0.4, 0.5) is 22.7 Å². The average Bonchev–Trinajstić information content (AvgIpc) is 3.67. The van der Waals surface area contributed by atoms with Crippen molar-refractivity contribution in [1.29, 1.82) is 0 Å². The zero-order valence-corrected chi connectivity index (χ0v) is 30.9. The van der Waals surface area contributed by atoms with Crippen molar-refractivity contribution in [1.82, 2.24) is 19.6 Å². The topological polar surface area (TPSA) is 228 Å². The van der Waals surface area contributed by atoms with Crippen LogP contribution in [-0.4, -0.2) is 62.3 Å². The monoisotopic (exact) mass is 791 g/mol. The van der Waals surface area contributed by atoms with E-state index in [-0.39, 0.29) is 74.6 Å². The van der Waals surface area contributed by atoms with E-state index in [2.05, 4.69) is 20.2 Å². The molecule has 0 amide bonds. The minimum absolute atomic E-state index is 0. The van der Waals surface area contributed by atoms with E-state index in [0.29, 0.717) is 33.9 Å². The molecule has 2 heterocycles. The molecule has 17 heteroatoms. The van der Waals surface area contributed by atoms with E-state index in [1.54, 1.807) is 0 Å². The summed E-state index contributed by atoms with van der Waals surface area (Å²) in [5.41, 5.74) is 3.39. The molecule has 55 heavy (non-hydrogen) atoms. The van der Waals surface area contributed by atoms with Crippen molar-refractivity contribution in [2.75, 3.05) is 0 Å². The molecule has 16 nitrogen and oxygen atoms in total. The van der Waals surface area contributed by atoms with E-state index in [1.165, 1.54) is 46.1 Å². The molecule has 0 fully saturated rings. The summed E-state index contributed by atoms with van der Waals surface area (Å²) in [5.74, 6) is -0.742. The van der Waals surface area contributed by atoms with Crippen molar-refractivity contribution in [2.24, 2.45) is 9.98 Å². The van der Waals surface area contributed by atoms with Gasteiger partial charge in [-0.2, -0.15) is 10.2 Å². The molecule has 6 aromatic rings. The Hall–Kier alpha value is -6.85. The minimum atomic E-state index is -0.597. The first-order valence-corrected chi connectivity index (χ1v) is 16.5. The number of aliphatic imine (C=N–C) groups is 2. The van der Waals surface area contributed by atoms with Gasteiger partial charge in [-0.1, -0.05) is 64.1 Å². The number of aromatic hydroxyl groups is 4. The van der Waals surface area contributed by atoms with Crippen molar-refractivity contribution in [3.63, 3.8) is 0 Å². The summed E-state index contributed by atoms with van der Waals surface area (Å²) >= 11 is 0. The summed E-state index contributed by atoms with van der Waals surface area (Å²) in [6.07, 6.45) is 2.80. The summed E-state index contributed by atoms with van der Waals surface area (Å²) in [6, 6.07) is 25.6. The van der Waals surface area contributed by atoms with Crippen LogP contribution in [0, 0.1) is 20.2 Å². The molecule has 1 radical (unpaired) electrons. The Morgan fingerprint density at radius 3 is 1.24 bits per heavy atom. The van der Waals surface area contributed by atoms with Gasteiger partial charge >= 0.3 is 0 Å². The molecule has 0 aliphatic heterocycles. The van der Waals surface area contributed by atoms with Crippen molar-refractivity contribution in [3.05, 3.63) is 140 Å². The number of rotatable bonds is 10. The summed E-state index contributed by atoms with van der Waals surface area (Å²) in [4.78, 5) is 28.7. The molecule has 4 N–H and O–H groups in total. The van der Waals surface area contributed by atoms with E-state index in [4.69, 9.17) is 0 Å². The fourth-order valence-corrected chi connectivity index (χ4v) is 5.21. The van der Waals surface area contributed by atoms with E-state index in [9.17, 15) is 40.7 Å². The maximum atomic E-state index is 10.8. The normalized spacial score (nSPS) is 11.2. The van der Waals surface area contributed by atoms with Gasteiger partial charge in [0.1, 0.15) is 22.9 Å². The van der Waals surface area contributed by atoms with Crippen molar-refractivity contribution in [2.45, 2.75) is 39.5 Å². The zero-order chi connectivity index (χ0) is 39.1. The molecule has 6 rings (SSSR count). The second-order valence-corrected chi connectivity index (χ2v) is 12.4. The van der Waals surface area contributed by atoms with Gasteiger partial charge < -0.3 is 20.4 Å². The summed E-state index contributed by atoms with van der Waals surface area (Å²) < 4.78 is 2.85. The van der Waals surface area contributed by atoms with E-state index < -0.39 is 9.85 Å². The maximum Gasteiger partial charge on any atom is 0.273 e. The molecule has 0 aliphatic carbocycles. The molecule has 0 spiro atoms. The first-order chi connectivity index (χ1) is 25.8. The quantitative estimate of drug-likeness (QED) is 0.0591. The molecule has 285 valence electrons. The standard InChI is InChI=1S/2C19H18N4O4.Co/c2*1-12(2)18-15(19(25)22(21-18)13-6-4-3-5-7-13)11-20-16-9-8-14(23(26)27)10-17(16)24;/h2*3-12,24-25H,1-2H3;. The van der Waals surface area contributed by atoms with Gasteiger partial charge in [-0.3, -0.25) is 30.2 Å². The number of phenolic OH excluding ortho intramolecular Hbond substituents is 2. The average molecular weight is 792 g/mol. The summed E-state index contributed by atoms with van der Waals surface area (Å²) in [6.45, 7) is 7.77. The van der Waals surface area contributed by atoms with Crippen LogP contribution in [0.25, 0.3) is 11.4 Å². The third kappa shape index (κ3) is 9.39. The van der Waals surface area contributed by atoms with Crippen molar-refractivity contribution < 1.29 is 47.1 Å². The SMILES string of the molecule is CC(C)c1nn(-c2ccccc2)c(O)c1C=Nc1ccc([N+](=O)[O-])cc1O.CC(C)c1nn(-c2ccccc2)c(O)c1C=Nc1ccc([N+](=O)[O-])cc1O.[Co]. The van der Waals surface area contributed by atoms with Crippen molar-refractivity contribution >= 4 is 35.2 Å². The van der Waals surface area contributed by atoms with Gasteiger partial charge in [0.25, 0.3) is 11.4 Å².